The Hall–Kier alpha value is -2.65. The van der Waals surface area contributed by atoms with Crippen molar-refractivity contribution in [2.75, 3.05) is 26.2 Å². The van der Waals surface area contributed by atoms with Gasteiger partial charge >= 0.3 is 5.00 Å². The average Bonchev–Trinajstić information content (AvgIpc) is 3.19. The number of amides is 2. The van der Waals surface area contributed by atoms with Gasteiger partial charge in [0, 0.05) is 32.2 Å². The third-order valence-corrected chi connectivity index (χ3v) is 5.69. The summed E-state index contributed by atoms with van der Waals surface area (Å²) >= 11 is 6.91. The molecule has 2 amide bonds. The Bertz CT molecular complexity index is 895. The molecule has 0 spiro atoms. The molecule has 1 atom stereocenters. The van der Waals surface area contributed by atoms with E-state index < -0.39 is 11.0 Å². The molecule has 3 rings (SSSR count). The van der Waals surface area contributed by atoms with Crippen molar-refractivity contribution in [3.8, 4) is 5.75 Å². The van der Waals surface area contributed by atoms with Crippen molar-refractivity contribution in [1.82, 2.24) is 9.80 Å². The molecule has 1 aromatic carbocycles. The Balaban J connectivity index is 1.55. The Morgan fingerprint density at radius 2 is 1.79 bits per heavy atom. The van der Waals surface area contributed by atoms with Gasteiger partial charge in [-0.15, -0.1) is 0 Å². The molecule has 1 aromatic heterocycles. The van der Waals surface area contributed by atoms with Gasteiger partial charge in [-0.2, -0.15) is 0 Å². The van der Waals surface area contributed by atoms with Crippen molar-refractivity contribution in [3.05, 3.63) is 56.4 Å². The van der Waals surface area contributed by atoms with Gasteiger partial charge in [0.2, 0.25) is 0 Å². The third kappa shape index (κ3) is 4.42. The summed E-state index contributed by atoms with van der Waals surface area (Å²) in [5, 5.41) is 11.1. The highest BCUT2D eigenvalue weighted by molar-refractivity contribution is 7.17. The highest BCUT2D eigenvalue weighted by Gasteiger charge is 2.29. The topological polar surface area (TPSA) is 93.0 Å². The lowest BCUT2D eigenvalue weighted by atomic mass is 10.2. The van der Waals surface area contributed by atoms with E-state index >= 15 is 0 Å². The third-order valence-electron chi connectivity index (χ3n) is 4.35. The second-order valence-corrected chi connectivity index (χ2v) is 7.67. The number of para-hydroxylation sites is 1. The number of carbonyl (C=O) groups excluding carboxylic acids is 2. The molecule has 1 unspecified atom stereocenters. The monoisotopic (exact) mass is 423 g/mol. The standard InChI is InChI=1S/C18H18ClN3O5S/c1-12(27-14-5-3-2-4-13(14)19)17(23)20-8-10-21(11-9-20)18(24)15-6-7-16(28-15)22(25)26/h2-7,12H,8-11H2,1H3. The lowest BCUT2D eigenvalue weighted by Crippen LogP contribution is -2.53. The van der Waals surface area contributed by atoms with Gasteiger partial charge < -0.3 is 14.5 Å². The summed E-state index contributed by atoms with van der Waals surface area (Å²) in [7, 11) is 0. The summed E-state index contributed by atoms with van der Waals surface area (Å²) in [6.45, 7) is 3.11. The van der Waals surface area contributed by atoms with E-state index in [-0.39, 0.29) is 16.8 Å². The zero-order chi connectivity index (χ0) is 20.3. The summed E-state index contributed by atoms with van der Waals surface area (Å²) < 4.78 is 5.66. The predicted octanol–water partition coefficient (Wildman–Crippen LogP) is 3.06. The van der Waals surface area contributed by atoms with Crippen LogP contribution in [-0.4, -0.2) is 58.8 Å². The zero-order valence-corrected chi connectivity index (χ0v) is 16.6. The maximum atomic E-state index is 12.6. The minimum Gasteiger partial charge on any atom is -0.479 e. The van der Waals surface area contributed by atoms with Crippen LogP contribution in [0.2, 0.25) is 5.02 Å². The number of carbonyl (C=O) groups is 2. The van der Waals surface area contributed by atoms with Crippen LogP contribution in [-0.2, 0) is 4.79 Å². The number of hydrogen-bond donors (Lipinski definition) is 0. The first-order valence-corrected chi connectivity index (χ1v) is 9.79. The van der Waals surface area contributed by atoms with Crippen molar-refractivity contribution in [1.29, 1.82) is 0 Å². The molecule has 0 saturated carbocycles. The van der Waals surface area contributed by atoms with Gasteiger partial charge in [0.25, 0.3) is 11.8 Å². The minimum absolute atomic E-state index is 0.0669. The molecule has 0 radical (unpaired) electrons. The number of thiophene rings is 1. The summed E-state index contributed by atoms with van der Waals surface area (Å²) in [4.78, 5) is 38.9. The average molecular weight is 424 g/mol. The number of rotatable bonds is 5. The molecule has 1 saturated heterocycles. The van der Waals surface area contributed by atoms with Crippen molar-refractivity contribution >= 4 is 39.8 Å². The Kier molecular flexibility index (Phi) is 6.15. The van der Waals surface area contributed by atoms with E-state index in [0.717, 1.165) is 11.3 Å². The summed E-state index contributed by atoms with van der Waals surface area (Å²) in [6, 6.07) is 9.72. The summed E-state index contributed by atoms with van der Waals surface area (Å²) in [5.41, 5.74) is 0. The highest BCUT2D eigenvalue weighted by atomic mass is 35.5. The molecule has 148 valence electrons. The van der Waals surface area contributed by atoms with Crippen molar-refractivity contribution < 1.29 is 19.2 Å². The number of nitro groups is 1. The van der Waals surface area contributed by atoms with Gasteiger partial charge in [0.05, 0.1) is 14.8 Å². The van der Waals surface area contributed by atoms with Crippen molar-refractivity contribution in [2.24, 2.45) is 0 Å². The molecule has 0 bridgehead atoms. The number of ether oxygens (including phenoxy) is 1. The number of nitrogens with zero attached hydrogens (tertiary/aromatic N) is 3. The molecule has 1 fully saturated rings. The molecule has 2 aromatic rings. The van der Waals surface area contributed by atoms with Gasteiger partial charge in [-0.1, -0.05) is 35.1 Å². The van der Waals surface area contributed by atoms with E-state index in [1.807, 2.05) is 0 Å². The first kappa shape index (κ1) is 20.1. The van der Waals surface area contributed by atoms with Gasteiger partial charge in [0.15, 0.2) is 6.10 Å². The largest absolute Gasteiger partial charge is 0.479 e. The molecule has 1 aliphatic heterocycles. The van der Waals surface area contributed by atoms with Crippen molar-refractivity contribution in [3.63, 3.8) is 0 Å². The fraction of sp³-hybridized carbons (Fsp3) is 0.333. The SMILES string of the molecule is CC(Oc1ccccc1Cl)C(=O)N1CCN(C(=O)c2ccc([N+](=O)[O-])s2)CC1. The molecule has 28 heavy (non-hydrogen) atoms. The van der Waals surface area contributed by atoms with Gasteiger partial charge in [-0.25, -0.2) is 0 Å². The quantitative estimate of drug-likeness (QED) is 0.544. The van der Waals surface area contributed by atoms with E-state index in [9.17, 15) is 19.7 Å². The predicted molar refractivity (Wildman–Crippen MR) is 105 cm³/mol. The molecule has 2 heterocycles. The van der Waals surface area contributed by atoms with Gasteiger partial charge in [-0.3, -0.25) is 19.7 Å². The first-order chi connectivity index (χ1) is 13.4. The molecule has 0 aliphatic carbocycles. The van der Waals surface area contributed by atoms with E-state index in [1.165, 1.54) is 12.1 Å². The number of benzene rings is 1. The minimum atomic E-state index is -0.706. The van der Waals surface area contributed by atoms with Crippen LogP contribution in [0.5, 0.6) is 5.75 Å². The van der Waals surface area contributed by atoms with Crippen LogP contribution in [0, 0.1) is 10.1 Å². The van der Waals surface area contributed by atoms with Gasteiger partial charge in [0.1, 0.15) is 5.75 Å². The van der Waals surface area contributed by atoms with Crippen molar-refractivity contribution in [2.45, 2.75) is 13.0 Å². The van der Waals surface area contributed by atoms with Crippen LogP contribution in [0.4, 0.5) is 5.00 Å². The summed E-state index contributed by atoms with van der Waals surface area (Å²) in [5.74, 6) is 0.00228. The van der Waals surface area contributed by atoms with Crippen LogP contribution in [0.1, 0.15) is 16.6 Å². The van der Waals surface area contributed by atoms with Crippen LogP contribution in [0.15, 0.2) is 36.4 Å². The molecule has 0 N–H and O–H groups in total. The number of piperazine rings is 1. The molecule has 10 heteroatoms. The lowest BCUT2D eigenvalue weighted by Gasteiger charge is -2.35. The van der Waals surface area contributed by atoms with E-state index in [0.29, 0.717) is 41.8 Å². The van der Waals surface area contributed by atoms with Crippen LogP contribution in [0.3, 0.4) is 0 Å². The molecular weight excluding hydrogens is 406 g/mol. The number of hydrogen-bond acceptors (Lipinski definition) is 6. The van der Waals surface area contributed by atoms with Crippen LogP contribution >= 0.6 is 22.9 Å². The Morgan fingerprint density at radius 1 is 1.14 bits per heavy atom. The maximum Gasteiger partial charge on any atom is 0.324 e. The van der Waals surface area contributed by atoms with E-state index in [4.69, 9.17) is 16.3 Å². The molecule has 8 nitrogen and oxygen atoms in total. The maximum absolute atomic E-state index is 12.6. The van der Waals surface area contributed by atoms with Crippen LogP contribution < -0.4 is 4.74 Å². The fourth-order valence-corrected chi connectivity index (χ4v) is 3.83. The summed E-state index contributed by atoms with van der Waals surface area (Å²) in [6.07, 6.45) is -0.706. The van der Waals surface area contributed by atoms with Gasteiger partial charge in [-0.05, 0) is 25.1 Å². The normalized spacial score (nSPS) is 15.2. The zero-order valence-electron chi connectivity index (χ0n) is 15.0. The number of halogens is 1. The Morgan fingerprint density at radius 3 is 2.39 bits per heavy atom. The smallest absolute Gasteiger partial charge is 0.324 e. The molecule has 1 aliphatic rings. The van der Waals surface area contributed by atoms with Crippen LogP contribution in [0.25, 0.3) is 0 Å². The highest BCUT2D eigenvalue weighted by Crippen LogP contribution is 2.26. The lowest BCUT2D eigenvalue weighted by molar-refractivity contribution is -0.380. The second-order valence-electron chi connectivity index (χ2n) is 6.20. The van der Waals surface area contributed by atoms with E-state index in [1.54, 1.807) is 41.0 Å². The Labute approximate surface area is 170 Å². The first-order valence-electron chi connectivity index (χ1n) is 8.60. The fourth-order valence-electron chi connectivity index (χ4n) is 2.86. The molecular formula is C18H18ClN3O5S. The second kappa shape index (κ2) is 8.57. The van der Waals surface area contributed by atoms with E-state index in [2.05, 4.69) is 0 Å².